The van der Waals surface area contributed by atoms with Crippen LogP contribution >= 0.6 is 0 Å². The first-order valence-electron chi connectivity index (χ1n) is 5.57. The maximum Gasteiger partial charge on any atom is 0.187 e. The van der Waals surface area contributed by atoms with E-state index in [9.17, 15) is 8.42 Å². The molecule has 0 aliphatic rings. The summed E-state index contributed by atoms with van der Waals surface area (Å²) in [5.41, 5.74) is 6.55. The Morgan fingerprint density at radius 1 is 1.37 bits per heavy atom. The molecule has 0 radical (unpaired) electrons. The zero-order chi connectivity index (χ0) is 14.0. The molecule has 102 valence electrons. The first-order valence-corrected chi connectivity index (χ1v) is 7.22. The average molecular weight is 281 g/mol. The standard InChI is InChI=1S/C12H15N3O3S/c1-15-6-5-10(14-15)8-19(16,17)12-4-3-9(13)7-11(12)18-2/h3-7H,8,13H2,1-2H3. The minimum Gasteiger partial charge on any atom is -0.495 e. The van der Waals surface area contributed by atoms with Crippen molar-refractivity contribution >= 4 is 15.5 Å². The van der Waals surface area contributed by atoms with Gasteiger partial charge in [-0.15, -0.1) is 0 Å². The van der Waals surface area contributed by atoms with Crippen molar-refractivity contribution in [3.8, 4) is 5.75 Å². The van der Waals surface area contributed by atoms with Crippen LogP contribution in [0, 0.1) is 0 Å². The zero-order valence-electron chi connectivity index (χ0n) is 10.7. The normalized spacial score (nSPS) is 11.5. The van der Waals surface area contributed by atoms with Gasteiger partial charge in [-0.25, -0.2) is 8.42 Å². The SMILES string of the molecule is COc1cc(N)ccc1S(=O)(=O)Cc1ccn(C)n1. The van der Waals surface area contributed by atoms with E-state index in [0.29, 0.717) is 11.4 Å². The first kappa shape index (κ1) is 13.4. The van der Waals surface area contributed by atoms with Gasteiger partial charge in [-0.3, -0.25) is 4.68 Å². The van der Waals surface area contributed by atoms with E-state index in [-0.39, 0.29) is 16.4 Å². The molecule has 0 saturated carbocycles. The number of anilines is 1. The number of rotatable bonds is 4. The number of sulfone groups is 1. The topological polar surface area (TPSA) is 87.2 Å². The Kier molecular flexibility index (Phi) is 3.48. The van der Waals surface area contributed by atoms with Gasteiger partial charge in [0, 0.05) is 25.0 Å². The highest BCUT2D eigenvalue weighted by Crippen LogP contribution is 2.28. The highest BCUT2D eigenvalue weighted by atomic mass is 32.2. The minimum atomic E-state index is -3.52. The number of nitrogen functional groups attached to an aromatic ring is 1. The Morgan fingerprint density at radius 3 is 2.68 bits per heavy atom. The number of ether oxygens (including phenoxy) is 1. The third-order valence-corrected chi connectivity index (χ3v) is 4.31. The van der Waals surface area contributed by atoms with Gasteiger partial charge in [-0.05, 0) is 18.2 Å². The second kappa shape index (κ2) is 4.93. The molecular formula is C12H15N3O3S. The lowest BCUT2D eigenvalue weighted by Crippen LogP contribution is -2.08. The van der Waals surface area contributed by atoms with E-state index in [4.69, 9.17) is 10.5 Å². The van der Waals surface area contributed by atoms with Crippen LogP contribution in [0.25, 0.3) is 0 Å². The van der Waals surface area contributed by atoms with Crippen molar-refractivity contribution in [1.29, 1.82) is 0 Å². The summed E-state index contributed by atoms with van der Waals surface area (Å²) in [6.07, 6.45) is 1.70. The lowest BCUT2D eigenvalue weighted by Gasteiger charge is -2.09. The maximum atomic E-state index is 12.3. The molecule has 1 heterocycles. The summed E-state index contributed by atoms with van der Waals surface area (Å²) in [5, 5.41) is 4.07. The minimum absolute atomic E-state index is 0.120. The number of benzene rings is 1. The fourth-order valence-corrected chi connectivity index (χ4v) is 3.18. The van der Waals surface area contributed by atoms with Gasteiger partial charge in [-0.1, -0.05) is 0 Å². The van der Waals surface area contributed by atoms with Crippen molar-refractivity contribution < 1.29 is 13.2 Å². The molecule has 7 heteroatoms. The van der Waals surface area contributed by atoms with E-state index in [2.05, 4.69) is 5.10 Å². The summed E-state index contributed by atoms with van der Waals surface area (Å²) in [7, 11) is -0.369. The first-order chi connectivity index (χ1) is 8.92. The van der Waals surface area contributed by atoms with Crippen molar-refractivity contribution in [2.75, 3.05) is 12.8 Å². The summed E-state index contributed by atoms with van der Waals surface area (Å²) in [6.45, 7) is 0. The molecule has 0 aliphatic carbocycles. The predicted octanol–water partition coefficient (Wildman–Crippen LogP) is 0.985. The Bertz CT molecular complexity index is 692. The zero-order valence-corrected chi connectivity index (χ0v) is 11.5. The highest BCUT2D eigenvalue weighted by molar-refractivity contribution is 7.90. The van der Waals surface area contributed by atoms with E-state index in [1.54, 1.807) is 24.0 Å². The van der Waals surface area contributed by atoms with Crippen LogP contribution in [-0.4, -0.2) is 25.3 Å². The van der Waals surface area contributed by atoms with Crippen LogP contribution in [0.3, 0.4) is 0 Å². The number of methoxy groups -OCH3 is 1. The molecule has 0 fully saturated rings. The molecule has 2 rings (SSSR count). The number of aryl methyl sites for hydroxylation is 1. The molecule has 0 aliphatic heterocycles. The Hall–Kier alpha value is -2.02. The van der Waals surface area contributed by atoms with Gasteiger partial charge in [0.15, 0.2) is 9.84 Å². The third-order valence-electron chi connectivity index (χ3n) is 2.63. The van der Waals surface area contributed by atoms with Crippen LogP contribution in [0.5, 0.6) is 5.75 Å². The number of aromatic nitrogens is 2. The summed E-state index contributed by atoms with van der Waals surface area (Å²) in [6, 6.07) is 6.15. The predicted molar refractivity (Wildman–Crippen MR) is 71.5 cm³/mol. The van der Waals surface area contributed by atoms with Gasteiger partial charge in [-0.2, -0.15) is 5.10 Å². The van der Waals surface area contributed by atoms with Crippen LogP contribution in [0.4, 0.5) is 5.69 Å². The van der Waals surface area contributed by atoms with Crippen molar-refractivity contribution in [1.82, 2.24) is 9.78 Å². The number of nitrogens with two attached hydrogens (primary N) is 1. The quantitative estimate of drug-likeness (QED) is 0.844. The van der Waals surface area contributed by atoms with Crippen LogP contribution in [-0.2, 0) is 22.6 Å². The van der Waals surface area contributed by atoms with E-state index < -0.39 is 9.84 Å². The second-order valence-electron chi connectivity index (χ2n) is 4.15. The molecule has 0 atom stereocenters. The number of hydrogen-bond acceptors (Lipinski definition) is 5. The van der Waals surface area contributed by atoms with Gasteiger partial charge in [0.2, 0.25) is 0 Å². The van der Waals surface area contributed by atoms with Crippen LogP contribution in [0.2, 0.25) is 0 Å². The van der Waals surface area contributed by atoms with Crippen LogP contribution in [0.1, 0.15) is 5.69 Å². The average Bonchev–Trinajstić information content (AvgIpc) is 2.73. The molecule has 1 aromatic heterocycles. The molecule has 6 nitrogen and oxygen atoms in total. The Labute approximate surface area is 111 Å². The van der Waals surface area contributed by atoms with Crippen molar-refractivity contribution in [3.63, 3.8) is 0 Å². The van der Waals surface area contributed by atoms with Crippen molar-refractivity contribution in [3.05, 3.63) is 36.2 Å². The van der Waals surface area contributed by atoms with Gasteiger partial charge >= 0.3 is 0 Å². The lowest BCUT2D eigenvalue weighted by molar-refractivity contribution is 0.403. The fourth-order valence-electron chi connectivity index (χ4n) is 1.75. The Morgan fingerprint density at radius 2 is 2.11 bits per heavy atom. The molecule has 0 bridgehead atoms. The van der Waals surface area contributed by atoms with Crippen LogP contribution in [0.15, 0.2) is 35.4 Å². The fraction of sp³-hybridized carbons (Fsp3) is 0.250. The highest BCUT2D eigenvalue weighted by Gasteiger charge is 2.21. The Balaban J connectivity index is 2.39. The molecular weight excluding hydrogens is 266 g/mol. The largest absolute Gasteiger partial charge is 0.495 e. The summed E-state index contributed by atoms with van der Waals surface area (Å²) >= 11 is 0. The molecule has 0 unspecified atom stereocenters. The molecule has 0 saturated heterocycles. The van der Waals surface area contributed by atoms with Crippen molar-refractivity contribution in [2.45, 2.75) is 10.6 Å². The van der Waals surface area contributed by atoms with E-state index in [1.807, 2.05) is 0 Å². The van der Waals surface area contributed by atoms with Gasteiger partial charge in [0.1, 0.15) is 10.6 Å². The van der Waals surface area contributed by atoms with E-state index in [0.717, 1.165) is 0 Å². The summed E-state index contributed by atoms with van der Waals surface area (Å²) in [4.78, 5) is 0.120. The van der Waals surface area contributed by atoms with Gasteiger partial charge in [0.25, 0.3) is 0 Å². The smallest absolute Gasteiger partial charge is 0.187 e. The molecule has 2 aromatic rings. The molecule has 19 heavy (non-hydrogen) atoms. The molecule has 0 spiro atoms. The molecule has 2 N–H and O–H groups in total. The van der Waals surface area contributed by atoms with E-state index in [1.165, 1.54) is 25.3 Å². The van der Waals surface area contributed by atoms with Crippen LogP contribution < -0.4 is 10.5 Å². The summed E-state index contributed by atoms with van der Waals surface area (Å²) < 4.78 is 31.3. The monoisotopic (exact) mass is 281 g/mol. The van der Waals surface area contributed by atoms with E-state index >= 15 is 0 Å². The maximum absolute atomic E-state index is 12.3. The van der Waals surface area contributed by atoms with Crippen molar-refractivity contribution in [2.24, 2.45) is 7.05 Å². The van der Waals surface area contributed by atoms with Gasteiger partial charge in [0.05, 0.1) is 18.6 Å². The number of hydrogen-bond donors (Lipinski definition) is 1. The molecule has 0 amide bonds. The second-order valence-corrected chi connectivity index (χ2v) is 6.11. The molecule has 1 aromatic carbocycles. The summed E-state index contributed by atoms with van der Waals surface area (Å²) in [5.74, 6) is 0.0737. The number of nitrogens with zero attached hydrogens (tertiary/aromatic N) is 2. The van der Waals surface area contributed by atoms with Gasteiger partial charge < -0.3 is 10.5 Å². The lowest BCUT2D eigenvalue weighted by atomic mass is 10.3. The third kappa shape index (κ3) is 2.87.